The lowest BCUT2D eigenvalue weighted by molar-refractivity contribution is 0.595. The molecule has 4 unspecified atom stereocenters. The monoisotopic (exact) mass is 568 g/mol. The molecule has 4 aromatic rings. The molecule has 9 rings (SSSR count). The first-order valence-corrected chi connectivity index (χ1v) is 16.2. The second kappa shape index (κ2) is 10.4. The van der Waals surface area contributed by atoms with Crippen molar-refractivity contribution in [2.24, 2.45) is 0 Å². The molecule has 44 heavy (non-hydrogen) atoms. The Labute approximate surface area is 260 Å². The predicted molar refractivity (Wildman–Crippen MR) is 184 cm³/mol. The van der Waals surface area contributed by atoms with Gasteiger partial charge in [-0.25, -0.2) is 0 Å². The number of fused-ring (bicyclic) bond motifs is 6. The molecule has 0 aromatic heterocycles. The van der Waals surface area contributed by atoms with Gasteiger partial charge in [-0.15, -0.1) is 0 Å². The highest BCUT2D eigenvalue weighted by molar-refractivity contribution is 6.09. The van der Waals surface area contributed by atoms with E-state index in [9.17, 15) is 0 Å². The number of anilines is 3. The quantitative estimate of drug-likeness (QED) is 0.242. The van der Waals surface area contributed by atoms with Crippen LogP contribution in [0.3, 0.4) is 0 Å². The molecule has 0 fully saturated rings. The van der Waals surface area contributed by atoms with Crippen LogP contribution in [0.15, 0.2) is 151 Å². The van der Waals surface area contributed by atoms with E-state index < -0.39 is 0 Å². The van der Waals surface area contributed by atoms with Crippen LogP contribution < -0.4 is 9.80 Å². The molecule has 4 atom stereocenters. The van der Waals surface area contributed by atoms with E-state index in [-0.39, 0.29) is 0 Å². The zero-order chi connectivity index (χ0) is 29.0. The van der Waals surface area contributed by atoms with Crippen LogP contribution in [-0.2, 0) is 0 Å². The zero-order valence-corrected chi connectivity index (χ0v) is 24.9. The van der Waals surface area contributed by atoms with Crippen LogP contribution in [0.5, 0.6) is 0 Å². The van der Waals surface area contributed by atoms with E-state index in [1.54, 1.807) is 0 Å². The van der Waals surface area contributed by atoms with Crippen molar-refractivity contribution in [2.75, 3.05) is 9.80 Å². The van der Waals surface area contributed by atoms with Crippen molar-refractivity contribution < 1.29 is 0 Å². The molecule has 0 bridgehead atoms. The Hall–Kier alpha value is -4.82. The number of hydrogen-bond donors (Lipinski definition) is 0. The van der Waals surface area contributed by atoms with Crippen LogP contribution >= 0.6 is 0 Å². The summed E-state index contributed by atoms with van der Waals surface area (Å²) >= 11 is 0. The van der Waals surface area contributed by atoms with Gasteiger partial charge >= 0.3 is 0 Å². The summed E-state index contributed by atoms with van der Waals surface area (Å²) in [4.78, 5) is 5.33. The molecule has 0 N–H and O–H groups in total. The first-order valence-electron chi connectivity index (χ1n) is 16.2. The zero-order valence-electron chi connectivity index (χ0n) is 24.9. The van der Waals surface area contributed by atoms with Crippen LogP contribution in [0.4, 0.5) is 17.1 Å². The molecule has 0 saturated carbocycles. The maximum atomic E-state index is 2.69. The summed E-state index contributed by atoms with van der Waals surface area (Å²) in [6.07, 6.45) is 20.3. The molecule has 4 aromatic carbocycles. The minimum absolute atomic E-state index is 0.340. The summed E-state index contributed by atoms with van der Waals surface area (Å²) in [7, 11) is 0. The molecule has 0 spiro atoms. The van der Waals surface area contributed by atoms with Crippen LogP contribution in [0.2, 0.25) is 0 Å². The number of rotatable bonds is 4. The summed E-state index contributed by atoms with van der Waals surface area (Å²) in [6, 6.07) is 39.4. The van der Waals surface area contributed by atoms with Crippen molar-refractivity contribution in [3.05, 3.63) is 174 Å². The maximum absolute atomic E-state index is 2.69. The van der Waals surface area contributed by atoms with Gasteiger partial charge in [0.1, 0.15) is 0 Å². The largest absolute Gasteiger partial charge is 0.337 e. The average molecular weight is 569 g/mol. The number of para-hydroxylation sites is 2. The van der Waals surface area contributed by atoms with E-state index in [1.807, 2.05) is 0 Å². The number of nitrogens with zero attached hydrogens (tertiary/aromatic N) is 2. The molecule has 0 radical (unpaired) electrons. The van der Waals surface area contributed by atoms with Gasteiger partial charge in [0.2, 0.25) is 0 Å². The Morgan fingerprint density at radius 3 is 1.84 bits per heavy atom. The standard InChI is InChI=1S/C42H36N2/c1-3-12-29(13-4-1)31-22-24-33(25-23-31)43-37-20-9-7-18-35(37)41-39(43)26-27-40-42(41)36-19-8-10-21-38(36)44(40)34-17-11-16-32(28-34)30-14-5-2-6-15-30/h1-12,14-25,29,32,39-40H,13,26-28H2. The summed E-state index contributed by atoms with van der Waals surface area (Å²) in [5, 5.41) is 0. The van der Waals surface area contributed by atoms with Gasteiger partial charge in [-0.3, -0.25) is 0 Å². The summed E-state index contributed by atoms with van der Waals surface area (Å²) in [6.45, 7) is 0. The van der Waals surface area contributed by atoms with Gasteiger partial charge in [-0.05, 0) is 78.3 Å². The lowest BCUT2D eigenvalue weighted by Crippen LogP contribution is -2.38. The Bertz CT molecular complexity index is 1890. The normalized spacial score (nSPS) is 24.6. The Morgan fingerprint density at radius 2 is 1.14 bits per heavy atom. The Kier molecular flexibility index (Phi) is 6.07. The maximum Gasteiger partial charge on any atom is 0.0603 e. The fourth-order valence-electron chi connectivity index (χ4n) is 8.44. The third-order valence-electron chi connectivity index (χ3n) is 10.4. The topological polar surface area (TPSA) is 6.48 Å². The summed E-state index contributed by atoms with van der Waals surface area (Å²) in [5.74, 6) is 0.877. The van der Waals surface area contributed by atoms with E-state index in [2.05, 4.69) is 155 Å². The molecule has 5 aliphatic rings. The molecule has 2 heterocycles. The molecule has 214 valence electrons. The predicted octanol–water partition coefficient (Wildman–Crippen LogP) is 10.3. The molecule has 2 aliphatic heterocycles. The third kappa shape index (κ3) is 4.01. The van der Waals surface area contributed by atoms with Gasteiger partial charge in [-0.2, -0.15) is 0 Å². The SMILES string of the molecule is C1=CCC(c2ccc(N3c4ccccc4C4=C5c6ccccc6N(C6=CC=CC(c7ccccc7)C6)C5CCC43)cc2)C=C1. The van der Waals surface area contributed by atoms with Crippen molar-refractivity contribution in [3.63, 3.8) is 0 Å². The minimum atomic E-state index is 0.340. The van der Waals surface area contributed by atoms with Crippen LogP contribution in [0.25, 0.3) is 11.1 Å². The smallest absolute Gasteiger partial charge is 0.0603 e. The van der Waals surface area contributed by atoms with Crippen molar-refractivity contribution in [2.45, 2.75) is 49.6 Å². The Balaban J connectivity index is 1.12. The van der Waals surface area contributed by atoms with Crippen molar-refractivity contribution in [3.8, 4) is 0 Å². The van der Waals surface area contributed by atoms with E-state index >= 15 is 0 Å². The summed E-state index contributed by atoms with van der Waals surface area (Å²) < 4.78 is 0. The lowest BCUT2D eigenvalue weighted by atomic mass is 9.81. The van der Waals surface area contributed by atoms with Gasteiger partial charge in [0.25, 0.3) is 0 Å². The first kappa shape index (κ1) is 25.7. The number of benzene rings is 4. The molecule has 2 nitrogen and oxygen atoms in total. The second-order valence-electron chi connectivity index (χ2n) is 12.7. The molecule has 3 aliphatic carbocycles. The van der Waals surface area contributed by atoms with Gasteiger partial charge in [-0.1, -0.05) is 115 Å². The van der Waals surface area contributed by atoms with E-state index in [0.29, 0.717) is 23.9 Å². The van der Waals surface area contributed by atoms with Crippen molar-refractivity contribution in [1.29, 1.82) is 0 Å². The average Bonchev–Trinajstić information content (AvgIpc) is 3.62. The van der Waals surface area contributed by atoms with Crippen molar-refractivity contribution >= 4 is 28.2 Å². The van der Waals surface area contributed by atoms with Gasteiger partial charge < -0.3 is 9.80 Å². The van der Waals surface area contributed by atoms with Gasteiger partial charge in [0.05, 0.1) is 12.1 Å². The highest BCUT2D eigenvalue weighted by atomic mass is 15.2. The molecular weight excluding hydrogens is 532 g/mol. The van der Waals surface area contributed by atoms with E-state index in [4.69, 9.17) is 0 Å². The number of hydrogen-bond acceptors (Lipinski definition) is 2. The van der Waals surface area contributed by atoms with Crippen LogP contribution in [-0.4, -0.2) is 12.1 Å². The Morgan fingerprint density at radius 1 is 0.523 bits per heavy atom. The van der Waals surface area contributed by atoms with Crippen LogP contribution in [0.1, 0.15) is 59.8 Å². The molecule has 2 heteroatoms. The highest BCUT2D eigenvalue weighted by Gasteiger charge is 2.47. The minimum Gasteiger partial charge on any atom is -0.337 e. The summed E-state index contributed by atoms with van der Waals surface area (Å²) in [5.41, 5.74) is 14.1. The second-order valence-corrected chi connectivity index (χ2v) is 12.7. The molecular formula is C42H36N2. The first-order chi connectivity index (χ1) is 21.8. The van der Waals surface area contributed by atoms with Gasteiger partial charge in [0, 0.05) is 45.7 Å². The van der Waals surface area contributed by atoms with Crippen LogP contribution in [0, 0.1) is 0 Å². The fraction of sp³-hybridized carbons (Fsp3) is 0.190. The fourth-order valence-corrected chi connectivity index (χ4v) is 8.44. The van der Waals surface area contributed by atoms with Crippen molar-refractivity contribution in [1.82, 2.24) is 0 Å². The number of allylic oxidation sites excluding steroid dienone is 8. The van der Waals surface area contributed by atoms with E-state index in [1.165, 1.54) is 56.2 Å². The van der Waals surface area contributed by atoms with Gasteiger partial charge in [0.15, 0.2) is 0 Å². The molecule has 0 saturated heterocycles. The highest BCUT2D eigenvalue weighted by Crippen LogP contribution is 2.58. The van der Waals surface area contributed by atoms with E-state index in [0.717, 1.165) is 25.7 Å². The third-order valence-corrected chi connectivity index (χ3v) is 10.4. The lowest BCUT2D eigenvalue weighted by Gasteiger charge is -2.38. The molecule has 0 amide bonds.